The minimum absolute atomic E-state index is 0.00944. The number of nitrogens with one attached hydrogen (secondary N) is 1. The van der Waals surface area contributed by atoms with Crippen molar-refractivity contribution < 1.29 is 9.18 Å². The smallest absolute Gasteiger partial charge is 0.211 e. The molecule has 0 saturated heterocycles. The summed E-state index contributed by atoms with van der Waals surface area (Å²) in [6, 6.07) is 12.4. The van der Waals surface area contributed by atoms with Gasteiger partial charge in [-0.3, -0.25) is 9.78 Å². The standard InChI is InChI=1S/C24H20FN5O/c1-14-27-13-21(30(14)2)22-17-11-18(17)24(28-12-19(22)25)29-16-8-6-15(7-9-16)23(31)20-5-3-4-10-26-20/h3-10,12-13,17,29H,11H2,1-2H3. The van der Waals surface area contributed by atoms with Crippen LogP contribution in [0.3, 0.4) is 0 Å². The molecule has 1 aliphatic carbocycles. The number of nitrogens with zero attached hydrogens (tertiary/aromatic N) is 4. The Morgan fingerprint density at radius 2 is 1.97 bits per heavy atom. The van der Waals surface area contributed by atoms with Crippen molar-refractivity contribution in [2.24, 2.45) is 18.0 Å². The molecule has 3 heterocycles. The van der Waals surface area contributed by atoms with Crippen LogP contribution in [0.1, 0.15) is 34.0 Å². The van der Waals surface area contributed by atoms with E-state index in [0.717, 1.165) is 29.2 Å². The van der Waals surface area contributed by atoms with Crippen LogP contribution in [0, 0.1) is 12.8 Å². The Morgan fingerprint density at radius 3 is 2.65 bits per heavy atom. The van der Waals surface area contributed by atoms with E-state index >= 15 is 0 Å². The lowest BCUT2D eigenvalue weighted by Gasteiger charge is -2.08. The molecule has 6 nitrogen and oxygen atoms in total. The monoisotopic (exact) mass is 413 g/mol. The van der Waals surface area contributed by atoms with Gasteiger partial charge in [-0.1, -0.05) is 6.07 Å². The summed E-state index contributed by atoms with van der Waals surface area (Å²) in [4.78, 5) is 25.3. The lowest BCUT2D eigenvalue weighted by Crippen LogP contribution is -2.04. The van der Waals surface area contributed by atoms with E-state index in [2.05, 4.69) is 20.3 Å². The molecule has 1 fully saturated rings. The number of hydrogen-bond donors (Lipinski definition) is 1. The Labute approximate surface area is 178 Å². The molecule has 5 rings (SSSR count). The van der Waals surface area contributed by atoms with E-state index in [1.54, 1.807) is 42.7 Å². The number of aromatic nitrogens is 3. The maximum absolute atomic E-state index is 14.9. The summed E-state index contributed by atoms with van der Waals surface area (Å²) in [7, 11) is 1.89. The van der Waals surface area contributed by atoms with Gasteiger partial charge < -0.3 is 9.88 Å². The third-order valence-corrected chi connectivity index (χ3v) is 5.71. The minimum atomic E-state index is -0.337. The molecule has 154 valence electrons. The molecule has 1 aromatic carbocycles. The van der Waals surface area contributed by atoms with Gasteiger partial charge in [-0.05, 0) is 55.3 Å². The van der Waals surface area contributed by atoms with E-state index in [9.17, 15) is 9.18 Å². The Balaban J connectivity index is 1.36. The fourth-order valence-electron chi connectivity index (χ4n) is 3.79. The summed E-state index contributed by atoms with van der Waals surface area (Å²) >= 11 is 0. The van der Waals surface area contributed by atoms with E-state index in [-0.39, 0.29) is 17.5 Å². The topological polar surface area (TPSA) is 72.2 Å². The van der Waals surface area contributed by atoms with Crippen molar-refractivity contribution in [3.05, 3.63) is 94.9 Å². The molecule has 1 N–H and O–H groups in total. The number of rotatable bonds is 5. The molecule has 1 aliphatic heterocycles. The third-order valence-electron chi connectivity index (χ3n) is 5.71. The number of imidazole rings is 1. The maximum atomic E-state index is 14.9. The zero-order chi connectivity index (χ0) is 21.5. The highest BCUT2D eigenvalue weighted by Gasteiger charge is 2.41. The van der Waals surface area contributed by atoms with Crippen LogP contribution in [0.25, 0.3) is 5.57 Å². The number of aliphatic imine (C=N–C) groups is 1. The Kier molecular flexibility index (Phi) is 4.58. The van der Waals surface area contributed by atoms with Crippen molar-refractivity contribution in [1.29, 1.82) is 0 Å². The first-order chi connectivity index (χ1) is 15.0. The molecule has 2 aromatic heterocycles. The summed E-state index contributed by atoms with van der Waals surface area (Å²) in [5, 5.41) is 3.27. The molecule has 3 aromatic rings. The van der Waals surface area contributed by atoms with Crippen LogP contribution in [-0.2, 0) is 7.05 Å². The molecular weight excluding hydrogens is 393 g/mol. The van der Waals surface area contributed by atoms with Crippen molar-refractivity contribution in [3.63, 3.8) is 0 Å². The number of fused-ring (bicyclic) bond motifs is 1. The zero-order valence-corrected chi connectivity index (χ0v) is 17.1. The Bertz CT molecular complexity index is 1270. The fraction of sp³-hybridized carbons (Fsp3) is 0.167. The highest BCUT2D eigenvalue weighted by Crippen LogP contribution is 2.52. The van der Waals surface area contributed by atoms with Gasteiger partial charge in [-0.2, -0.15) is 0 Å². The first kappa shape index (κ1) is 19.1. The van der Waals surface area contributed by atoms with Gasteiger partial charge in [0.05, 0.1) is 18.1 Å². The zero-order valence-electron chi connectivity index (χ0n) is 17.1. The first-order valence-corrected chi connectivity index (χ1v) is 10.0. The van der Waals surface area contributed by atoms with Crippen LogP contribution in [0.4, 0.5) is 10.1 Å². The van der Waals surface area contributed by atoms with Crippen LogP contribution in [0.15, 0.2) is 77.1 Å². The van der Waals surface area contributed by atoms with E-state index in [4.69, 9.17) is 0 Å². The molecular formula is C24H20FN5O. The number of anilines is 1. The number of carbonyl (C=O) groups is 1. The highest BCUT2D eigenvalue weighted by molar-refractivity contribution is 6.07. The Hall–Kier alpha value is -3.87. The van der Waals surface area contributed by atoms with Crippen LogP contribution < -0.4 is 5.32 Å². The van der Waals surface area contributed by atoms with Gasteiger partial charge in [0.2, 0.25) is 5.78 Å². The van der Waals surface area contributed by atoms with Crippen molar-refractivity contribution in [2.75, 3.05) is 5.32 Å². The van der Waals surface area contributed by atoms with Gasteiger partial charge in [0.25, 0.3) is 0 Å². The number of hydrogen-bond acceptors (Lipinski definition) is 5. The van der Waals surface area contributed by atoms with Crippen molar-refractivity contribution in [3.8, 4) is 0 Å². The second kappa shape index (κ2) is 7.43. The van der Waals surface area contributed by atoms with E-state index in [1.165, 1.54) is 6.21 Å². The van der Waals surface area contributed by atoms with Gasteiger partial charge in [-0.25, -0.2) is 14.4 Å². The number of benzene rings is 1. The van der Waals surface area contributed by atoms with Gasteiger partial charge in [-0.15, -0.1) is 0 Å². The molecule has 0 spiro atoms. The summed E-state index contributed by atoms with van der Waals surface area (Å²) in [5.74, 6) is 1.01. The number of pyridine rings is 1. The minimum Gasteiger partial charge on any atom is -0.340 e. The van der Waals surface area contributed by atoms with Gasteiger partial charge >= 0.3 is 0 Å². The summed E-state index contributed by atoms with van der Waals surface area (Å²) in [5.41, 5.74) is 4.21. The van der Waals surface area contributed by atoms with Crippen molar-refractivity contribution in [2.45, 2.75) is 13.3 Å². The molecule has 7 heteroatoms. The van der Waals surface area contributed by atoms with Gasteiger partial charge in [0, 0.05) is 36.0 Å². The fourth-order valence-corrected chi connectivity index (χ4v) is 3.79. The number of carbonyl (C=O) groups excluding carboxylic acids is 1. The van der Waals surface area contributed by atoms with Crippen molar-refractivity contribution in [1.82, 2.24) is 14.5 Å². The number of ketones is 1. The van der Waals surface area contributed by atoms with Crippen LogP contribution in [0.2, 0.25) is 0 Å². The number of allylic oxidation sites excluding steroid dienone is 3. The summed E-state index contributed by atoms with van der Waals surface area (Å²) in [6.07, 6.45) is 5.33. The number of aryl methyl sites for hydroxylation is 1. The molecule has 1 saturated carbocycles. The van der Waals surface area contributed by atoms with Crippen LogP contribution in [-0.4, -0.2) is 26.5 Å². The SMILES string of the molecule is Cc1ncc(C2=C(F)C=NC(Nc3ccc(C(=O)c4ccccn4)cc3)=C3CC32)n1C. The second-order valence-corrected chi connectivity index (χ2v) is 7.65. The van der Waals surface area contributed by atoms with Crippen LogP contribution >= 0.6 is 0 Å². The summed E-state index contributed by atoms with van der Waals surface area (Å²) in [6.45, 7) is 1.89. The molecule has 2 aliphatic rings. The van der Waals surface area contributed by atoms with E-state index in [1.807, 2.05) is 30.7 Å². The lowest BCUT2D eigenvalue weighted by atomic mass is 10.1. The first-order valence-electron chi connectivity index (χ1n) is 10.0. The molecule has 0 bridgehead atoms. The quantitative estimate of drug-likeness (QED) is 0.627. The van der Waals surface area contributed by atoms with Gasteiger partial charge in [0.1, 0.15) is 23.2 Å². The Morgan fingerprint density at radius 1 is 1.16 bits per heavy atom. The largest absolute Gasteiger partial charge is 0.340 e. The van der Waals surface area contributed by atoms with E-state index < -0.39 is 0 Å². The third kappa shape index (κ3) is 3.48. The average molecular weight is 413 g/mol. The average Bonchev–Trinajstić information content (AvgIpc) is 3.53. The maximum Gasteiger partial charge on any atom is 0.211 e. The molecule has 1 unspecified atom stereocenters. The lowest BCUT2D eigenvalue weighted by molar-refractivity contribution is 0.103. The van der Waals surface area contributed by atoms with E-state index in [0.29, 0.717) is 22.7 Å². The molecule has 0 amide bonds. The highest BCUT2D eigenvalue weighted by atomic mass is 19.1. The predicted octanol–water partition coefficient (Wildman–Crippen LogP) is 4.46. The molecule has 31 heavy (non-hydrogen) atoms. The predicted molar refractivity (Wildman–Crippen MR) is 117 cm³/mol. The number of halogens is 1. The van der Waals surface area contributed by atoms with Crippen molar-refractivity contribution >= 4 is 23.3 Å². The normalized spacial score (nSPS) is 17.5. The van der Waals surface area contributed by atoms with Gasteiger partial charge in [0.15, 0.2) is 0 Å². The summed E-state index contributed by atoms with van der Waals surface area (Å²) < 4.78 is 16.8. The van der Waals surface area contributed by atoms with Crippen LogP contribution in [0.5, 0.6) is 0 Å². The molecule has 1 atom stereocenters. The second-order valence-electron chi connectivity index (χ2n) is 7.65. The molecule has 0 radical (unpaired) electrons.